The van der Waals surface area contributed by atoms with E-state index in [2.05, 4.69) is 27.8 Å². The number of thiophene rings is 1. The predicted octanol–water partition coefficient (Wildman–Crippen LogP) is 3.34. The van der Waals surface area contributed by atoms with E-state index in [1.807, 2.05) is 30.4 Å². The van der Waals surface area contributed by atoms with E-state index in [9.17, 15) is 5.26 Å². The first-order chi connectivity index (χ1) is 13.7. The van der Waals surface area contributed by atoms with E-state index >= 15 is 0 Å². The predicted molar refractivity (Wildman–Crippen MR) is 114 cm³/mol. The fraction of sp³-hybridized carbons (Fsp3) is 0.238. The van der Waals surface area contributed by atoms with Crippen molar-refractivity contribution in [2.75, 3.05) is 38.2 Å². The van der Waals surface area contributed by atoms with Gasteiger partial charge in [-0.3, -0.25) is 9.88 Å². The molecule has 2 aromatic heterocycles. The second-order valence-electron chi connectivity index (χ2n) is 6.36. The van der Waals surface area contributed by atoms with Crippen molar-refractivity contribution < 1.29 is 4.74 Å². The minimum Gasteiger partial charge on any atom is -0.385 e. The topological polar surface area (TPSA) is 87.2 Å². The smallest absolute Gasteiger partial charge is 0.112 e. The van der Waals surface area contributed by atoms with Crippen LogP contribution in [0.15, 0.2) is 66.8 Å². The van der Waals surface area contributed by atoms with Crippen LogP contribution in [0.4, 0.5) is 5.00 Å². The molecule has 0 atom stereocenters. The summed E-state index contributed by atoms with van der Waals surface area (Å²) in [4.78, 5) is 7.40. The van der Waals surface area contributed by atoms with E-state index in [4.69, 9.17) is 10.5 Å². The molecule has 3 N–H and O–H groups in total. The molecule has 0 radical (unpaired) electrons. The molecule has 1 aliphatic rings. The number of hydrogen-bond acceptors (Lipinski definition) is 7. The standard InChI is InChI=1S/C21H23N5OS/c1-16(15-26-8-10-27-11-9-26)4-2-6-20(23)25-21-18(13-22)12-19(28-21)17-5-3-7-24-14-17/h2-7,12,14,25H,1,8-11,15,23H2/b4-2-,20-6+. The first-order valence-electron chi connectivity index (χ1n) is 8.99. The van der Waals surface area contributed by atoms with Gasteiger partial charge in [0.05, 0.1) is 18.8 Å². The van der Waals surface area contributed by atoms with Gasteiger partial charge in [0.1, 0.15) is 16.9 Å². The Morgan fingerprint density at radius 3 is 3.00 bits per heavy atom. The molecule has 0 aliphatic carbocycles. The van der Waals surface area contributed by atoms with Crippen molar-refractivity contribution in [3.63, 3.8) is 0 Å². The molecule has 144 valence electrons. The fourth-order valence-electron chi connectivity index (χ4n) is 2.78. The number of ether oxygens (including phenoxy) is 1. The first-order valence-corrected chi connectivity index (χ1v) is 9.80. The molecular weight excluding hydrogens is 370 g/mol. The minimum absolute atomic E-state index is 0.464. The zero-order valence-corrected chi connectivity index (χ0v) is 16.4. The van der Waals surface area contributed by atoms with Gasteiger partial charge >= 0.3 is 0 Å². The quantitative estimate of drug-likeness (QED) is 0.702. The van der Waals surface area contributed by atoms with Gasteiger partial charge < -0.3 is 15.8 Å². The van der Waals surface area contributed by atoms with Gasteiger partial charge in [0.15, 0.2) is 0 Å². The van der Waals surface area contributed by atoms with Crippen LogP contribution in [0.25, 0.3) is 10.4 Å². The summed E-state index contributed by atoms with van der Waals surface area (Å²) in [6, 6.07) is 7.89. The van der Waals surface area contributed by atoms with Crippen molar-refractivity contribution in [2.24, 2.45) is 5.73 Å². The summed E-state index contributed by atoms with van der Waals surface area (Å²) < 4.78 is 5.35. The number of nitriles is 1. The highest BCUT2D eigenvalue weighted by Crippen LogP contribution is 2.35. The van der Waals surface area contributed by atoms with Crippen LogP contribution in [-0.2, 0) is 4.74 Å². The molecule has 0 aromatic carbocycles. The summed E-state index contributed by atoms with van der Waals surface area (Å²) in [5, 5.41) is 13.2. The van der Waals surface area contributed by atoms with E-state index in [0.717, 1.165) is 53.9 Å². The Labute approximate surface area is 169 Å². The number of aromatic nitrogens is 1. The van der Waals surface area contributed by atoms with Gasteiger partial charge in [0, 0.05) is 42.5 Å². The van der Waals surface area contributed by atoms with Crippen LogP contribution in [0.5, 0.6) is 0 Å². The number of morpholine rings is 1. The van der Waals surface area contributed by atoms with Gasteiger partial charge in [-0.05, 0) is 23.8 Å². The van der Waals surface area contributed by atoms with Gasteiger partial charge in [-0.15, -0.1) is 11.3 Å². The molecule has 0 spiro atoms. The van der Waals surface area contributed by atoms with Crippen LogP contribution in [0, 0.1) is 11.3 Å². The SMILES string of the molecule is C=C(/C=C\C=C(/N)Nc1sc(-c2cccnc2)cc1C#N)CN1CCOCC1. The highest BCUT2D eigenvalue weighted by molar-refractivity contribution is 7.19. The van der Waals surface area contributed by atoms with Crippen molar-refractivity contribution >= 4 is 16.3 Å². The van der Waals surface area contributed by atoms with Gasteiger partial charge in [0.25, 0.3) is 0 Å². The normalized spacial score (nSPS) is 15.5. The number of nitrogens with zero attached hydrogens (tertiary/aromatic N) is 3. The summed E-state index contributed by atoms with van der Waals surface area (Å²) in [7, 11) is 0. The number of pyridine rings is 1. The van der Waals surface area contributed by atoms with E-state index in [1.54, 1.807) is 18.5 Å². The summed E-state index contributed by atoms with van der Waals surface area (Å²) in [5.41, 5.74) is 8.62. The van der Waals surface area contributed by atoms with Gasteiger partial charge in [-0.1, -0.05) is 24.8 Å². The Morgan fingerprint density at radius 1 is 1.46 bits per heavy atom. The monoisotopic (exact) mass is 393 g/mol. The number of anilines is 1. The molecule has 0 saturated carbocycles. The highest BCUT2D eigenvalue weighted by Gasteiger charge is 2.11. The molecule has 1 fully saturated rings. The van der Waals surface area contributed by atoms with Crippen molar-refractivity contribution in [1.82, 2.24) is 9.88 Å². The lowest BCUT2D eigenvalue weighted by molar-refractivity contribution is 0.0426. The highest BCUT2D eigenvalue weighted by atomic mass is 32.1. The molecule has 28 heavy (non-hydrogen) atoms. The lowest BCUT2D eigenvalue weighted by Gasteiger charge is -2.26. The Bertz CT molecular complexity index is 905. The van der Waals surface area contributed by atoms with Crippen LogP contribution >= 0.6 is 11.3 Å². The molecular formula is C21H23N5OS. The fourth-order valence-corrected chi connectivity index (χ4v) is 3.80. The summed E-state index contributed by atoms with van der Waals surface area (Å²) in [5.74, 6) is 0.464. The van der Waals surface area contributed by atoms with E-state index in [0.29, 0.717) is 11.4 Å². The summed E-state index contributed by atoms with van der Waals surface area (Å²) in [6.45, 7) is 8.32. The molecule has 0 bridgehead atoms. The number of allylic oxidation sites excluding steroid dienone is 2. The maximum absolute atomic E-state index is 9.40. The van der Waals surface area contributed by atoms with Crippen LogP contribution in [0.1, 0.15) is 5.56 Å². The molecule has 7 heteroatoms. The average molecular weight is 394 g/mol. The molecule has 2 aromatic rings. The van der Waals surface area contributed by atoms with Gasteiger partial charge in [-0.2, -0.15) is 5.26 Å². The zero-order valence-electron chi connectivity index (χ0n) is 15.6. The third-order valence-corrected chi connectivity index (χ3v) is 5.29. The van der Waals surface area contributed by atoms with E-state index in [1.165, 1.54) is 11.3 Å². The first kappa shape index (κ1) is 19.8. The molecule has 6 nitrogen and oxygen atoms in total. The summed E-state index contributed by atoms with van der Waals surface area (Å²) >= 11 is 1.47. The second kappa shape index (κ2) is 9.85. The average Bonchev–Trinajstić information content (AvgIpc) is 3.12. The number of nitrogens with one attached hydrogen (secondary N) is 1. The third kappa shape index (κ3) is 5.54. The second-order valence-corrected chi connectivity index (χ2v) is 7.41. The maximum Gasteiger partial charge on any atom is 0.112 e. The Balaban J connectivity index is 1.60. The van der Waals surface area contributed by atoms with Crippen LogP contribution in [-0.4, -0.2) is 42.7 Å². The van der Waals surface area contributed by atoms with Gasteiger partial charge in [0.2, 0.25) is 0 Å². The molecule has 0 amide bonds. The largest absolute Gasteiger partial charge is 0.385 e. The molecule has 3 heterocycles. The van der Waals surface area contributed by atoms with Crippen LogP contribution in [0.3, 0.4) is 0 Å². The van der Waals surface area contributed by atoms with Crippen molar-refractivity contribution in [1.29, 1.82) is 5.26 Å². The van der Waals surface area contributed by atoms with E-state index < -0.39 is 0 Å². The molecule has 1 saturated heterocycles. The minimum atomic E-state index is 0.464. The van der Waals surface area contributed by atoms with Crippen LogP contribution in [0.2, 0.25) is 0 Å². The van der Waals surface area contributed by atoms with Gasteiger partial charge in [-0.25, -0.2) is 0 Å². The molecule has 0 unspecified atom stereocenters. The number of nitrogens with two attached hydrogens (primary N) is 1. The number of hydrogen-bond donors (Lipinski definition) is 2. The van der Waals surface area contributed by atoms with Crippen molar-refractivity contribution in [3.8, 4) is 16.5 Å². The lowest BCUT2D eigenvalue weighted by Crippen LogP contribution is -2.37. The lowest BCUT2D eigenvalue weighted by atomic mass is 10.2. The summed E-state index contributed by atoms with van der Waals surface area (Å²) in [6.07, 6.45) is 9.09. The molecule has 1 aliphatic heterocycles. The Morgan fingerprint density at radius 2 is 2.29 bits per heavy atom. The zero-order chi connectivity index (χ0) is 19.8. The third-order valence-electron chi connectivity index (χ3n) is 4.19. The maximum atomic E-state index is 9.40. The Kier molecular flexibility index (Phi) is 6.98. The van der Waals surface area contributed by atoms with Crippen molar-refractivity contribution in [3.05, 3.63) is 72.4 Å². The van der Waals surface area contributed by atoms with Crippen molar-refractivity contribution in [2.45, 2.75) is 0 Å². The van der Waals surface area contributed by atoms with Crippen LogP contribution < -0.4 is 11.1 Å². The van der Waals surface area contributed by atoms with E-state index in [-0.39, 0.29) is 0 Å². The number of rotatable bonds is 7. The molecule has 3 rings (SSSR count). The Hall–Kier alpha value is -2.92.